The number of nitrogens with zero attached hydrogens (tertiary/aromatic N) is 2. The number of rotatable bonds is 7. The molecule has 1 N–H and O–H groups in total. The Morgan fingerprint density at radius 3 is 2.50 bits per heavy atom. The summed E-state index contributed by atoms with van der Waals surface area (Å²) in [5, 5.41) is 5.71. The second-order valence-corrected chi connectivity index (χ2v) is 9.47. The minimum atomic E-state index is -0.869. The number of nitrogens with one attached hydrogen (secondary N) is 1. The number of aromatic nitrogens is 1. The Hall–Kier alpha value is -2.70. The lowest BCUT2D eigenvalue weighted by molar-refractivity contribution is -0.127. The van der Waals surface area contributed by atoms with Crippen LogP contribution in [0, 0.1) is 0 Å². The van der Waals surface area contributed by atoms with Crippen LogP contribution in [0.5, 0.6) is 0 Å². The molecule has 2 aromatic heterocycles. The third-order valence-electron chi connectivity index (χ3n) is 5.71. The van der Waals surface area contributed by atoms with Crippen molar-refractivity contribution in [1.82, 2.24) is 10.3 Å². The Bertz CT molecular complexity index is 1020. The Labute approximate surface area is 197 Å². The summed E-state index contributed by atoms with van der Waals surface area (Å²) in [6, 6.07) is 15.6. The molecular weight excluding hydrogens is 442 g/mol. The van der Waals surface area contributed by atoms with Crippen molar-refractivity contribution in [3.05, 3.63) is 81.8 Å². The van der Waals surface area contributed by atoms with E-state index >= 15 is 0 Å². The zero-order valence-electron chi connectivity index (χ0n) is 17.7. The van der Waals surface area contributed by atoms with Gasteiger partial charge in [0.25, 0.3) is 0 Å². The first-order valence-corrected chi connectivity index (χ1v) is 12.2. The third-order valence-corrected chi connectivity index (χ3v) is 6.83. The lowest BCUT2D eigenvalue weighted by atomic mass is 9.95. The number of pyridine rings is 1. The molecule has 1 aliphatic rings. The summed E-state index contributed by atoms with van der Waals surface area (Å²) in [5.41, 5.74) is 1.15. The van der Waals surface area contributed by atoms with Gasteiger partial charge in [-0.1, -0.05) is 43.0 Å². The van der Waals surface area contributed by atoms with E-state index in [1.807, 2.05) is 23.6 Å². The van der Waals surface area contributed by atoms with Crippen LogP contribution in [0.2, 0.25) is 5.02 Å². The number of hydrogen-bond acceptors (Lipinski definition) is 4. The van der Waals surface area contributed by atoms with Crippen molar-refractivity contribution in [2.45, 2.75) is 50.6 Å². The Kier molecular flexibility index (Phi) is 7.55. The molecule has 0 aliphatic heterocycles. The quantitative estimate of drug-likeness (QED) is 0.494. The maximum atomic E-state index is 13.6. The Morgan fingerprint density at radius 2 is 1.84 bits per heavy atom. The molecule has 0 bridgehead atoms. The van der Waals surface area contributed by atoms with Crippen LogP contribution in [0.1, 0.15) is 48.7 Å². The zero-order chi connectivity index (χ0) is 22.3. The molecule has 3 aromatic rings. The van der Waals surface area contributed by atoms with E-state index in [9.17, 15) is 9.59 Å². The standard InChI is InChI=1S/C25H26ClN3O2S/c26-18-11-13-20(14-12-18)29(23(30)17-21-9-6-16-32-21)24(22-10-4-5-15-27-22)25(31)28-19-7-2-1-3-8-19/h4-6,9-16,19,24H,1-3,7-8,17H2,(H,28,31). The molecule has 5 nitrogen and oxygen atoms in total. The van der Waals surface area contributed by atoms with Crippen molar-refractivity contribution in [2.75, 3.05) is 4.90 Å². The van der Waals surface area contributed by atoms with Gasteiger partial charge in [-0.05, 0) is 60.7 Å². The highest BCUT2D eigenvalue weighted by atomic mass is 35.5. The first-order chi connectivity index (χ1) is 15.6. The van der Waals surface area contributed by atoms with Crippen molar-refractivity contribution in [1.29, 1.82) is 0 Å². The molecule has 1 saturated carbocycles. The van der Waals surface area contributed by atoms with Gasteiger partial charge in [0.05, 0.1) is 12.1 Å². The number of amides is 2. The number of thiophene rings is 1. The highest BCUT2D eigenvalue weighted by Crippen LogP contribution is 2.30. The molecule has 0 saturated heterocycles. The fourth-order valence-corrected chi connectivity index (χ4v) is 4.96. The summed E-state index contributed by atoms with van der Waals surface area (Å²) >= 11 is 7.63. The van der Waals surface area contributed by atoms with Crippen LogP contribution in [-0.2, 0) is 16.0 Å². The van der Waals surface area contributed by atoms with E-state index in [1.54, 1.807) is 47.5 Å². The summed E-state index contributed by atoms with van der Waals surface area (Å²) in [7, 11) is 0. The fraction of sp³-hybridized carbons (Fsp3) is 0.320. The number of anilines is 1. The van der Waals surface area contributed by atoms with Crippen molar-refractivity contribution in [3.63, 3.8) is 0 Å². The Balaban J connectivity index is 1.71. The maximum Gasteiger partial charge on any atom is 0.249 e. The summed E-state index contributed by atoms with van der Waals surface area (Å²) in [6.07, 6.45) is 7.21. The number of benzene rings is 1. The van der Waals surface area contributed by atoms with Gasteiger partial charge in [0.15, 0.2) is 6.04 Å². The smallest absolute Gasteiger partial charge is 0.249 e. The van der Waals surface area contributed by atoms with Gasteiger partial charge in [-0.15, -0.1) is 11.3 Å². The summed E-state index contributed by atoms with van der Waals surface area (Å²) in [6.45, 7) is 0. The molecule has 32 heavy (non-hydrogen) atoms. The molecule has 1 atom stereocenters. The monoisotopic (exact) mass is 467 g/mol. The van der Waals surface area contributed by atoms with E-state index < -0.39 is 6.04 Å². The van der Waals surface area contributed by atoms with Crippen LogP contribution in [-0.4, -0.2) is 22.8 Å². The van der Waals surface area contributed by atoms with Gasteiger partial charge in [-0.3, -0.25) is 19.5 Å². The van der Waals surface area contributed by atoms with Crippen LogP contribution < -0.4 is 10.2 Å². The highest BCUT2D eigenvalue weighted by Gasteiger charge is 2.35. The normalized spacial score (nSPS) is 15.2. The van der Waals surface area contributed by atoms with Crippen LogP contribution in [0.4, 0.5) is 5.69 Å². The molecule has 2 heterocycles. The summed E-state index contributed by atoms with van der Waals surface area (Å²) in [5.74, 6) is -0.366. The lowest BCUT2D eigenvalue weighted by Gasteiger charge is -2.33. The van der Waals surface area contributed by atoms with Crippen molar-refractivity contribution in [2.24, 2.45) is 0 Å². The largest absolute Gasteiger partial charge is 0.351 e. The molecule has 1 fully saturated rings. The SMILES string of the molecule is O=C(NC1CCCCC1)C(c1ccccn1)N(C(=O)Cc1cccs1)c1ccc(Cl)cc1. The first kappa shape index (κ1) is 22.5. The van der Waals surface area contributed by atoms with Crippen LogP contribution in [0.25, 0.3) is 0 Å². The van der Waals surface area contributed by atoms with Crippen LogP contribution in [0.15, 0.2) is 66.2 Å². The van der Waals surface area contributed by atoms with Gasteiger partial charge in [0.1, 0.15) is 0 Å². The van der Waals surface area contributed by atoms with Gasteiger partial charge in [-0.2, -0.15) is 0 Å². The second kappa shape index (κ2) is 10.7. The first-order valence-electron chi connectivity index (χ1n) is 10.9. The van der Waals surface area contributed by atoms with E-state index in [4.69, 9.17) is 11.6 Å². The second-order valence-electron chi connectivity index (χ2n) is 8.00. The lowest BCUT2D eigenvalue weighted by Crippen LogP contribution is -2.48. The molecule has 166 valence electrons. The van der Waals surface area contributed by atoms with Crippen molar-refractivity contribution in [3.8, 4) is 0 Å². The molecule has 4 rings (SSSR count). The number of hydrogen-bond donors (Lipinski definition) is 1. The summed E-state index contributed by atoms with van der Waals surface area (Å²) < 4.78 is 0. The molecule has 7 heteroatoms. The number of carbonyl (C=O) groups excluding carboxylic acids is 2. The van der Waals surface area contributed by atoms with Crippen LogP contribution in [0.3, 0.4) is 0 Å². The molecule has 0 radical (unpaired) electrons. The van der Waals surface area contributed by atoms with Crippen molar-refractivity contribution >= 4 is 40.4 Å². The van der Waals surface area contributed by atoms with Crippen molar-refractivity contribution < 1.29 is 9.59 Å². The van der Waals surface area contributed by atoms with E-state index in [1.165, 1.54) is 17.8 Å². The molecule has 0 spiro atoms. The van der Waals surface area contributed by atoms with Crippen LogP contribution >= 0.6 is 22.9 Å². The van der Waals surface area contributed by atoms with Gasteiger partial charge in [0, 0.05) is 27.8 Å². The van der Waals surface area contributed by atoms with E-state index in [2.05, 4.69) is 10.3 Å². The average Bonchev–Trinajstić information content (AvgIpc) is 3.32. The Morgan fingerprint density at radius 1 is 1.06 bits per heavy atom. The predicted octanol–water partition coefficient (Wildman–Crippen LogP) is 5.56. The molecule has 1 unspecified atom stereocenters. The molecule has 2 amide bonds. The average molecular weight is 468 g/mol. The predicted molar refractivity (Wildman–Crippen MR) is 129 cm³/mol. The third kappa shape index (κ3) is 5.56. The van der Waals surface area contributed by atoms with E-state index in [-0.39, 0.29) is 24.3 Å². The minimum Gasteiger partial charge on any atom is -0.351 e. The fourth-order valence-electron chi connectivity index (χ4n) is 4.13. The highest BCUT2D eigenvalue weighted by molar-refractivity contribution is 7.10. The molecular formula is C25H26ClN3O2S. The van der Waals surface area contributed by atoms with E-state index in [0.29, 0.717) is 16.4 Å². The van der Waals surface area contributed by atoms with E-state index in [0.717, 1.165) is 30.6 Å². The molecule has 1 aliphatic carbocycles. The molecule has 1 aromatic carbocycles. The zero-order valence-corrected chi connectivity index (χ0v) is 19.3. The number of carbonyl (C=O) groups is 2. The van der Waals surface area contributed by atoms with Gasteiger partial charge in [-0.25, -0.2) is 0 Å². The topological polar surface area (TPSA) is 62.3 Å². The van der Waals surface area contributed by atoms with Gasteiger partial charge >= 0.3 is 0 Å². The van der Waals surface area contributed by atoms with Gasteiger partial charge < -0.3 is 5.32 Å². The number of halogens is 1. The van der Waals surface area contributed by atoms with Gasteiger partial charge in [0.2, 0.25) is 11.8 Å². The minimum absolute atomic E-state index is 0.127. The maximum absolute atomic E-state index is 13.6. The summed E-state index contributed by atoms with van der Waals surface area (Å²) in [4.78, 5) is 34.2.